The minimum Gasteiger partial charge on any atom is -0.345 e. The molecule has 2 aromatic carbocycles. The molecule has 3 heteroatoms. The molecule has 0 radical (unpaired) electrons. The first-order valence-corrected chi connectivity index (χ1v) is 6.06. The van der Waals surface area contributed by atoms with E-state index in [0.29, 0.717) is 10.6 Å². The molecule has 2 rings (SSSR count). The third kappa shape index (κ3) is 2.54. The molecule has 0 N–H and O–H groups in total. The van der Waals surface area contributed by atoms with Gasteiger partial charge in [0.2, 0.25) is 0 Å². The lowest BCUT2D eigenvalue weighted by Crippen LogP contribution is -2.09. The molecule has 92 valence electrons. The summed E-state index contributed by atoms with van der Waals surface area (Å²) >= 11 is 6.11. The van der Waals surface area contributed by atoms with Crippen molar-refractivity contribution in [2.45, 2.75) is 6.92 Å². The van der Waals surface area contributed by atoms with E-state index in [1.165, 1.54) is 6.92 Å². The number of para-hydroxylation sites is 1. The quantitative estimate of drug-likeness (QED) is 0.766. The molecule has 0 aliphatic heterocycles. The zero-order valence-electron chi connectivity index (χ0n) is 10.4. The Morgan fingerprint density at radius 2 is 1.72 bits per heavy atom. The Hall–Kier alpha value is -1.80. The Morgan fingerprint density at radius 1 is 1.06 bits per heavy atom. The van der Waals surface area contributed by atoms with Crippen molar-refractivity contribution >= 4 is 28.8 Å². The lowest BCUT2D eigenvalue weighted by atomic mass is 10.1. The Bertz CT molecular complexity index is 566. The molecule has 18 heavy (non-hydrogen) atoms. The first-order chi connectivity index (χ1) is 8.59. The van der Waals surface area contributed by atoms with E-state index in [-0.39, 0.29) is 5.78 Å². The third-order valence-electron chi connectivity index (χ3n) is 2.86. The molecular weight excluding hydrogens is 246 g/mol. The molecule has 2 nitrogen and oxygen atoms in total. The number of hydrogen-bond donors (Lipinski definition) is 0. The lowest BCUT2D eigenvalue weighted by Gasteiger charge is -2.20. The maximum atomic E-state index is 11.3. The molecule has 0 amide bonds. The smallest absolute Gasteiger partial charge is 0.161 e. The second-order valence-corrected chi connectivity index (χ2v) is 4.52. The van der Waals surface area contributed by atoms with Crippen molar-refractivity contribution in [3.8, 4) is 0 Å². The van der Waals surface area contributed by atoms with Crippen LogP contribution in [0.3, 0.4) is 0 Å². The van der Waals surface area contributed by atoms with Gasteiger partial charge in [-0.15, -0.1) is 0 Å². The van der Waals surface area contributed by atoms with Crippen LogP contribution in [0.1, 0.15) is 17.3 Å². The molecule has 0 atom stereocenters. The lowest BCUT2D eigenvalue weighted by molar-refractivity contribution is 0.101. The van der Waals surface area contributed by atoms with Crippen molar-refractivity contribution in [2.75, 3.05) is 11.9 Å². The van der Waals surface area contributed by atoms with Crippen molar-refractivity contribution in [2.24, 2.45) is 0 Å². The van der Waals surface area contributed by atoms with Crippen LogP contribution in [0.15, 0.2) is 48.5 Å². The molecule has 0 unspecified atom stereocenters. The molecule has 0 aliphatic carbocycles. The predicted octanol–water partition coefficient (Wildman–Crippen LogP) is 4.31. The molecule has 2 aromatic rings. The molecule has 0 heterocycles. The van der Waals surface area contributed by atoms with Gasteiger partial charge in [0.1, 0.15) is 0 Å². The largest absolute Gasteiger partial charge is 0.345 e. The fourth-order valence-electron chi connectivity index (χ4n) is 1.80. The van der Waals surface area contributed by atoms with Gasteiger partial charge in [0.25, 0.3) is 0 Å². The zero-order chi connectivity index (χ0) is 13.1. The van der Waals surface area contributed by atoms with E-state index >= 15 is 0 Å². The Balaban J connectivity index is 2.35. The number of nitrogens with zero attached hydrogens (tertiary/aromatic N) is 1. The van der Waals surface area contributed by atoms with Gasteiger partial charge in [0, 0.05) is 24.0 Å². The number of anilines is 2. The van der Waals surface area contributed by atoms with Crippen LogP contribution in [0.25, 0.3) is 0 Å². The summed E-state index contributed by atoms with van der Waals surface area (Å²) in [6.45, 7) is 1.52. The number of benzene rings is 2. The Labute approximate surface area is 112 Å². The van der Waals surface area contributed by atoms with Gasteiger partial charge in [-0.2, -0.15) is 0 Å². The van der Waals surface area contributed by atoms with Crippen LogP contribution in [0.4, 0.5) is 11.4 Å². The van der Waals surface area contributed by atoms with Gasteiger partial charge in [-0.05, 0) is 37.3 Å². The van der Waals surface area contributed by atoms with Gasteiger partial charge in [-0.1, -0.05) is 29.8 Å². The summed E-state index contributed by atoms with van der Waals surface area (Å²) in [4.78, 5) is 13.3. The second-order valence-electron chi connectivity index (χ2n) is 4.11. The predicted molar refractivity (Wildman–Crippen MR) is 76.0 cm³/mol. The summed E-state index contributed by atoms with van der Waals surface area (Å²) in [7, 11) is 1.97. The molecule has 0 fully saturated rings. The van der Waals surface area contributed by atoms with E-state index in [2.05, 4.69) is 0 Å². The normalized spacial score (nSPS) is 10.2. The van der Waals surface area contributed by atoms with Gasteiger partial charge >= 0.3 is 0 Å². The average Bonchev–Trinajstić information content (AvgIpc) is 2.38. The van der Waals surface area contributed by atoms with Crippen LogP contribution in [0, 0.1) is 0 Å². The topological polar surface area (TPSA) is 20.3 Å². The summed E-state index contributed by atoms with van der Waals surface area (Å²) < 4.78 is 0. The SMILES string of the molecule is CC(=O)c1ccc(N(C)c2ccccc2)cc1Cl. The van der Waals surface area contributed by atoms with Gasteiger partial charge in [0.15, 0.2) is 5.78 Å². The first kappa shape index (κ1) is 12.7. The third-order valence-corrected chi connectivity index (χ3v) is 3.18. The Kier molecular flexibility index (Phi) is 3.68. The van der Waals surface area contributed by atoms with E-state index in [4.69, 9.17) is 11.6 Å². The summed E-state index contributed by atoms with van der Waals surface area (Å²) in [6.07, 6.45) is 0. The molecule has 0 aromatic heterocycles. The van der Waals surface area contributed by atoms with E-state index in [1.54, 1.807) is 6.07 Å². The maximum absolute atomic E-state index is 11.3. The standard InChI is InChI=1S/C15H14ClNO/c1-11(18)14-9-8-13(10-15(14)16)17(2)12-6-4-3-5-7-12/h3-10H,1-2H3. The number of rotatable bonds is 3. The number of halogens is 1. The number of carbonyl (C=O) groups is 1. The number of ketones is 1. The Morgan fingerprint density at radius 3 is 2.28 bits per heavy atom. The second kappa shape index (κ2) is 5.23. The van der Waals surface area contributed by atoms with Gasteiger partial charge < -0.3 is 4.90 Å². The molecule has 0 bridgehead atoms. The van der Waals surface area contributed by atoms with Gasteiger partial charge in [0.05, 0.1) is 5.02 Å². The zero-order valence-corrected chi connectivity index (χ0v) is 11.1. The van der Waals surface area contributed by atoms with Crippen LogP contribution in [0.2, 0.25) is 5.02 Å². The number of hydrogen-bond acceptors (Lipinski definition) is 2. The summed E-state index contributed by atoms with van der Waals surface area (Å²) in [5.41, 5.74) is 2.59. The van der Waals surface area contributed by atoms with Crippen LogP contribution < -0.4 is 4.90 Å². The fraction of sp³-hybridized carbons (Fsp3) is 0.133. The minimum absolute atomic E-state index is 0.0195. The fourth-order valence-corrected chi connectivity index (χ4v) is 2.11. The van der Waals surface area contributed by atoms with E-state index in [9.17, 15) is 4.79 Å². The van der Waals surface area contributed by atoms with Crippen molar-refractivity contribution in [3.05, 3.63) is 59.1 Å². The van der Waals surface area contributed by atoms with Crippen LogP contribution in [-0.2, 0) is 0 Å². The molecule has 0 saturated heterocycles. The number of Topliss-reactive ketones (excluding diaryl/α,β-unsaturated/α-hetero) is 1. The maximum Gasteiger partial charge on any atom is 0.161 e. The minimum atomic E-state index is -0.0195. The molecule has 0 saturated carbocycles. The highest BCUT2D eigenvalue weighted by atomic mass is 35.5. The van der Waals surface area contributed by atoms with Crippen molar-refractivity contribution in [1.82, 2.24) is 0 Å². The van der Waals surface area contributed by atoms with Crippen molar-refractivity contribution in [1.29, 1.82) is 0 Å². The molecule has 0 aliphatic rings. The van der Waals surface area contributed by atoms with E-state index < -0.39 is 0 Å². The molecular formula is C15H14ClNO. The highest BCUT2D eigenvalue weighted by Gasteiger charge is 2.09. The molecule has 0 spiro atoms. The van der Waals surface area contributed by atoms with Gasteiger partial charge in [-0.25, -0.2) is 0 Å². The number of carbonyl (C=O) groups excluding carboxylic acids is 1. The van der Waals surface area contributed by atoms with Crippen molar-refractivity contribution < 1.29 is 4.79 Å². The highest BCUT2D eigenvalue weighted by Crippen LogP contribution is 2.28. The summed E-state index contributed by atoms with van der Waals surface area (Å²) in [5, 5.41) is 0.489. The monoisotopic (exact) mass is 259 g/mol. The summed E-state index contributed by atoms with van der Waals surface area (Å²) in [5.74, 6) is -0.0195. The van der Waals surface area contributed by atoms with Crippen molar-refractivity contribution in [3.63, 3.8) is 0 Å². The first-order valence-electron chi connectivity index (χ1n) is 5.69. The van der Waals surface area contributed by atoms with Crippen LogP contribution in [-0.4, -0.2) is 12.8 Å². The van der Waals surface area contributed by atoms with E-state index in [1.807, 2.05) is 54.4 Å². The van der Waals surface area contributed by atoms with Crippen LogP contribution in [0.5, 0.6) is 0 Å². The van der Waals surface area contributed by atoms with E-state index in [0.717, 1.165) is 11.4 Å². The van der Waals surface area contributed by atoms with Gasteiger partial charge in [-0.3, -0.25) is 4.79 Å². The highest BCUT2D eigenvalue weighted by molar-refractivity contribution is 6.34. The average molecular weight is 260 g/mol. The van der Waals surface area contributed by atoms with Crippen LogP contribution >= 0.6 is 11.6 Å². The summed E-state index contributed by atoms with van der Waals surface area (Å²) in [6, 6.07) is 15.5.